The first-order valence-corrected chi connectivity index (χ1v) is 6.21. The molecule has 0 aromatic carbocycles. The average molecular weight is 279 g/mol. The molecule has 0 aliphatic carbocycles. The molecule has 0 fully saturated rings. The largest absolute Gasteiger partial charge is 0.469 e. The Balaban J connectivity index is 2.20. The second-order valence-electron chi connectivity index (χ2n) is 4.12. The number of esters is 1. The Morgan fingerprint density at radius 3 is 3.00 bits per heavy atom. The lowest BCUT2D eigenvalue weighted by molar-refractivity contribution is -0.140. The molecule has 0 amide bonds. The van der Waals surface area contributed by atoms with Crippen LogP contribution in [-0.4, -0.2) is 59.5 Å². The summed E-state index contributed by atoms with van der Waals surface area (Å²) in [6.45, 7) is 1.61. The van der Waals surface area contributed by atoms with E-state index in [1.807, 2.05) is 4.90 Å². The monoisotopic (exact) mass is 279 g/mol. The van der Waals surface area contributed by atoms with Gasteiger partial charge in [0, 0.05) is 32.6 Å². The van der Waals surface area contributed by atoms with E-state index in [2.05, 4.69) is 19.9 Å². The van der Waals surface area contributed by atoms with Crippen molar-refractivity contribution in [3.05, 3.63) is 18.7 Å². The van der Waals surface area contributed by atoms with Gasteiger partial charge >= 0.3 is 5.97 Å². The molecule has 2 heterocycles. The first kappa shape index (κ1) is 14.2. The molecule has 8 heteroatoms. The van der Waals surface area contributed by atoms with Gasteiger partial charge in [0.25, 0.3) is 0 Å². The SMILES string of the molecule is COCCN(CCC(=O)OC)c1nccn2cnnc12. The van der Waals surface area contributed by atoms with Gasteiger partial charge in [0.05, 0.1) is 20.1 Å². The van der Waals surface area contributed by atoms with Crippen LogP contribution in [0.25, 0.3) is 5.65 Å². The van der Waals surface area contributed by atoms with Crippen LogP contribution in [0.1, 0.15) is 6.42 Å². The summed E-state index contributed by atoms with van der Waals surface area (Å²) in [5.41, 5.74) is 0.647. The summed E-state index contributed by atoms with van der Waals surface area (Å²) in [4.78, 5) is 17.6. The van der Waals surface area contributed by atoms with Crippen molar-refractivity contribution in [2.75, 3.05) is 38.8 Å². The smallest absolute Gasteiger partial charge is 0.307 e. The van der Waals surface area contributed by atoms with Crippen molar-refractivity contribution < 1.29 is 14.3 Å². The van der Waals surface area contributed by atoms with Crippen LogP contribution in [0.2, 0.25) is 0 Å². The topological polar surface area (TPSA) is 81.8 Å². The van der Waals surface area contributed by atoms with E-state index in [1.54, 1.807) is 30.2 Å². The maximum atomic E-state index is 11.3. The number of rotatable bonds is 7. The number of fused-ring (bicyclic) bond motifs is 1. The van der Waals surface area contributed by atoms with E-state index in [0.29, 0.717) is 31.2 Å². The molecule has 0 saturated carbocycles. The Morgan fingerprint density at radius 1 is 1.40 bits per heavy atom. The molecule has 0 aliphatic heterocycles. The van der Waals surface area contributed by atoms with Gasteiger partial charge in [-0.3, -0.25) is 9.20 Å². The number of hydrogen-bond donors (Lipinski definition) is 0. The van der Waals surface area contributed by atoms with Gasteiger partial charge in [-0.25, -0.2) is 4.98 Å². The van der Waals surface area contributed by atoms with Crippen molar-refractivity contribution in [3.63, 3.8) is 0 Å². The lowest BCUT2D eigenvalue weighted by atomic mass is 10.3. The van der Waals surface area contributed by atoms with Gasteiger partial charge in [-0.1, -0.05) is 0 Å². The minimum Gasteiger partial charge on any atom is -0.469 e. The van der Waals surface area contributed by atoms with Gasteiger partial charge in [0.1, 0.15) is 6.33 Å². The van der Waals surface area contributed by atoms with Gasteiger partial charge in [-0.05, 0) is 0 Å². The van der Waals surface area contributed by atoms with Gasteiger partial charge in [-0.2, -0.15) is 0 Å². The number of hydrogen-bond acceptors (Lipinski definition) is 7. The normalized spacial score (nSPS) is 10.7. The molecular weight excluding hydrogens is 262 g/mol. The van der Waals surface area contributed by atoms with Crippen molar-refractivity contribution in [2.24, 2.45) is 0 Å². The molecule has 0 unspecified atom stereocenters. The van der Waals surface area contributed by atoms with Gasteiger partial charge in [0.2, 0.25) is 5.65 Å². The number of carbonyl (C=O) groups excluding carboxylic acids is 1. The molecule has 0 atom stereocenters. The van der Waals surface area contributed by atoms with Crippen LogP contribution in [-0.2, 0) is 14.3 Å². The van der Waals surface area contributed by atoms with Crippen molar-refractivity contribution in [1.29, 1.82) is 0 Å². The Kier molecular flexibility index (Phi) is 4.83. The lowest BCUT2D eigenvalue weighted by Crippen LogP contribution is -2.31. The summed E-state index contributed by atoms with van der Waals surface area (Å²) in [6, 6.07) is 0. The summed E-state index contributed by atoms with van der Waals surface area (Å²) < 4.78 is 11.5. The molecule has 20 heavy (non-hydrogen) atoms. The van der Waals surface area contributed by atoms with Crippen molar-refractivity contribution in [1.82, 2.24) is 19.6 Å². The molecule has 2 rings (SSSR count). The fourth-order valence-corrected chi connectivity index (χ4v) is 1.82. The fourth-order valence-electron chi connectivity index (χ4n) is 1.82. The molecule has 0 N–H and O–H groups in total. The number of aromatic nitrogens is 4. The van der Waals surface area contributed by atoms with Crippen LogP contribution in [0.5, 0.6) is 0 Å². The second-order valence-corrected chi connectivity index (χ2v) is 4.12. The van der Waals surface area contributed by atoms with Crippen LogP contribution in [0.15, 0.2) is 18.7 Å². The number of anilines is 1. The maximum Gasteiger partial charge on any atom is 0.307 e. The first-order valence-electron chi connectivity index (χ1n) is 6.21. The van der Waals surface area contributed by atoms with Gasteiger partial charge in [0.15, 0.2) is 5.82 Å². The first-order chi connectivity index (χ1) is 9.76. The maximum absolute atomic E-state index is 11.3. The van der Waals surface area contributed by atoms with E-state index in [-0.39, 0.29) is 12.4 Å². The highest BCUT2D eigenvalue weighted by atomic mass is 16.5. The van der Waals surface area contributed by atoms with E-state index in [0.717, 1.165) is 0 Å². The molecule has 108 valence electrons. The van der Waals surface area contributed by atoms with Crippen LogP contribution in [0.3, 0.4) is 0 Å². The highest BCUT2D eigenvalue weighted by Crippen LogP contribution is 2.16. The zero-order valence-electron chi connectivity index (χ0n) is 11.5. The fraction of sp³-hybridized carbons (Fsp3) is 0.500. The summed E-state index contributed by atoms with van der Waals surface area (Å²) in [6.07, 6.45) is 5.32. The van der Waals surface area contributed by atoms with E-state index < -0.39 is 0 Å². The number of nitrogens with zero attached hydrogens (tertiary/aromatic N) is 5. The molecule has 0 radical (unpaired) electrons. The summed E-state index contributed by atoms with van der Waals surface area (Å²) in [5.74, 6) is 0.409. The third kappa shape index (κ3) is 3.21. The molecule has 0 aliphatic rings. The van der Waals surface area contributed by atoms with Gasteiger partial charge in [-0.15, -0.1) is 10.2 Å². The van der Waals surface area contributed by atoms with Crippen LogP contribution in [0.4, 0.5) is 5.82 Å². The Hall–Kier alpha value is -2.22. The Morgan fingerprint density at radius 2 is 2.25 bits per heavy atom. The Labute approximate surface area is 116 Å². The minimum atomic E-state index is -0.263. The van der Waals surface area contributed by atoms with Gasteiger partial charge < -0.3 is 14.4 Å². The standard InChI is InChI=1S/C12H17N5O3/c1-19-8-7-16(5-3-10(18)20-2)11-12-15-14-9-17(12)6-4-13-11/h4,6,9H,3,5,7-8H2,1-2H3. The van der Waals surface area contributed by atoms with E-state index in [1.165, 1.54) is 7.11 Å². The molecule has 0 saturated heterocycles. The van der Waals surface area contributed by atoms with Crippen LogP contribution >= 0.6 is 0 Å². The zero-order chi connectivity index (χ0) is 14.4. The number of methoxy groups -OCH3 is 2. The molecule has 2 aromatic rings. The van der Waals surface area contributed by atoms with Crippen LogP contribution < -0.4 is 4.90 Å². The quantitative estimate of drug-likeness (QED) is 0.667. The zero-order valence-corrected chi connectivity index (χ0v) is 11.5. The van der Waals surface area contributed by atoms with E-state index in [4.69, 9.17) is 4.74 Å². The summed E-state index contributed by atoms with van der Waals surface area (Å²) >= 11 is 0. The summed E-state index contributed by atoms with van der Waals surface area (Å²) in [5, 5.41) is 7.91. The van der Waals surface area contributed by atoms with Crippen LogP contribution in [0, 0.1) is 0 Å². The number of ether oxygens (including phenoxy) is 2. The predicted octanol–water partition coefficient (Wildman–Crippen LogP) is 0.140. The molecule has 2 aromatic heterocycles. The van der Waals surface area contributed by atoms with E-state index >= 15 is 0 Å². The highest BCUT2D eigenvalue weighted by Gasteiger charge is 2.15. The van der Waals surface area contributed by atoms with Crippen molar-refractivity contribution >= 4 is 17.4 Å². The molecule has 8 nitrogen and oxygen atoms in total. The molecule has 0 spiro atoms. The Bertz CT molecular complexity index is 571. The number of carbonyl (C=O) groups is 1. The third-order valence-corrected chi connectivity index (χ3v) is 2.88. The van der Waals surface area contributed by atoms with Crippen molar-refractivity contribution in [2.45, 2.75) is 6.42 Å². The summed E-state index contributed by atoms with van der Waals surface area (Å²) in [7, 11) is 3.00. The predicted molar refractivity (Wildman–Crippen MR) is 71.5 cm³/mol. The second kappa shape index (κ2) is 6.80. The minimum absolute atomic E-state index is 0.263. The highest BCUT2D eigenvalue weighted by molar-refractivity contribution is 5.71. The van der Waals surface area contributed by atoms with Crippen molar-refractivity contribution in [3.8, 4) is 0 Å². The molecular formula is C12H17N5O3. The lowest BCUT2D eigenvalue weighted by Gasteiger charge is -2.22. The third-order valence-electron chi connectivity index (χ3n) is 2.88. The average Bonchev–Trinajstić information content (AvgIpc) is 2.95. The van der Waals surface area contributed by atoms with E-state index in [9.17, 15) is 4.79 Å². The molecule has 0 bridgehead atoms.